The SMILES string of the molecule is CCC(C)C1(C#N)CCC1. The molecule has 0 spiro atoms. The predicted molar refractivity (Wildman–Crippen MR) is 41.4 cm³/mol. The van der Waals surface area contributed by atoms with E-state index in [0.717, 1.165) is 19.3 Å². The zero-order valence-electron chi connectivity index (χ0n) is 6.85. The van der Waals surface area contributed by atoms with Crippen molar-refractivity contribution in [1.29, 1.82) is 5.26 Å². The summed E-state index contributed by atoms with van der Waals surface area (Å²) in [6.45, 7) is 4.37. The molecular weight excluding hydrogens is 122 g/mol. The lowest BCUT2D eigenvalue weighted by atomic mass is 9.62. The third-order valence-corrected chi connectivity index (χ3v) is 3.02. The normalized spacial score (nSPS) is 24.5. The van der Waals surface area contributed by atoms with E-state index in [1.165, 1.54) is 6.42 Å². The van der Waals surface area contributed by atoms with Crippen LogP contribution in [0.5, 0.6) is 0 Å². The lowest BCUT2D eigenvalue weighted by Crippen LogP contribution is -2.34. The fourth-order valence-corrected chi connectivity index (χ4v) is 1.66. The Morgan fingerprint density at radius 1 is 1.60 bits per heavy atom. The monoisotopic (exact) mass is 137 g/mol. The van der Waals surface area contributed by atoms with Crippen molar-refractivity contribution in [1.82, 2.24) is 0 Å². The van der Waals surface area contributed by atoms with Crippen molar-refractivity contribution in [2.24, 2.45) is 11.3 Å². The summed E-state index contributed by atoms with van der Waals surface area (Å²) in [6.07, 6.45) is 4.68. The molecule has 1 heteroatoms. The Balaban J connectivity index is 2.57. The molecule has 1 saturated carbocycles. The van der Waals surface area contributed by atoms with Crippen molar-refractivity contribution < 1.29 is 0 Å². The Kier molecular flexibility index (Phi) is 1.99. The van der Waals surface area contributed by atoms with Gasteiger partial charge in [0.2, 0.25) is 0 Å². The van der Waals surface area contributed by atoms with Crippen molar-refractivity contribution in [2.45, 2.75) is 39.5 Å². The molecule has 10 heavy (non-hydrogen) atoms. The van der Waals surface area contributed by atoms with Gasteiger partial charge < -0.3 is 0 Å². The highest BCUT2D eigenvalue weighted by Gasteiger charge is 2.41. The second-order valence-electron chi connectivity index (χ2n) is 3.43. The van der Waals surface area contributed by atoms with Gasteiger partial charge in [0.15, 0.2) is 0 Å². The molecule has 0 aromatic carbocycles. The van der Waals surface area contributed by atoms with Gasteiger partial charge in [0, 0.05) is 0 Å². The van der Waals surface area contributed by atoms with E-state index in [4.69, 9.17) is 5.26 Å². The fourth-order valence-electron chi connectivity index (χ4n) is 1.66. The Bertz CT molecular complexity index is 151. The average Bonchev–Trinajstić information content (AvgIpc) is 1.86. The molecule has 1 unspecified atom stereocenters. The maximum absolute atomic E-state index is 8.89. The fraction of sp³-hybridized carbons (Fsp3) is 0.889. The zero-order valence-corrected chi connectivity index (χ0v) is 6.85. The molecule has 1 fully saturated rings. The summed E-state index contributed by atoms with van der Waals surface area (Å²) in [6, 6.07) is 2.47. The van der Waals surface area contributed by atoms with Gasteiger partial charge in [0.05, 0.1) is 11.5 Å². The first-order valence-electron chi connectivity index (χ1n) is 4.16. The summed E-state index contributed by atoms with van der Waals surface area (Å²) < 4.78 is 0. The van der Waals surface area contributed by atoms with Gasteiger partial charge in [-0.1, -0.05) is 26.7 Å². The van der Waals surface area contributed by atoms with Crippen molar-refractivity contribution in [3.05, 3.63) is 0 Å². The molecule has 1 atom stereocenters. The van der Waals surface area contributed by atoms with Crippen LogP contribution < -0.4 is 0 Å². The summed E-state index contributed by atoms with van der Waals surface area (Å²) in [7, 11) is 0. The van der Waals surface area contributed by atoms with Crippen LogP contribution in [-0.4, -0.2) is 0 Å². The first-order valence-corrected chi connectivity index (χ1v) is 4.16. The molecule has 1 aliphatic rings. The van der Waals surface area contributed by atoms with Crippen LogP contribution in [0.15, 0.2) is 0 Å². The van der Waals surface area contributed by atoms with Gasteiger partial charge in [0.25, 0.3) is 0 Å². The smallest absolute Gasteiger partial charge is 0.0692 e. The molecule has 1 nitrogen and oxygen atoms in total. The molecule has 0 amide bonds. The molecule has 0 aliphatic heterocycles. The predicted octanol–water partition coefficient (Wildman–Crippen LogP) is 2.73. The van der Waals surface area contributed by atoms with Gasteiger partial charge in [-0.15, -0.1) is 0 Å². The largest absolute Gasteiger partial charge is 0.198 e. The van der Waals surface area contributed by atoms with Crippen molar-refractivity contribution in [3.63, 3.8) is 0 Å². The topological polar surface area (TPSA) is 23.8 Å². The summed E-state index contributed by atoms with van der Waals surface area (Å²) >= 11 is 0. The van der Waals surface area contributed by atoms with E-state index in [1.807, 2.05) is 0 Å². The van der Waals surface area contributed by atoms with Crippen LogP contribution in [0, 0.1) is 22.7 Å². The van der Waals surface area contributed by atoms with Crippen LogP contribution in [0.3, 0.4) is 0 Å². The third kappa shape index (κ3) is 0.923. The Labute approximate surface area is 63.0 Å². The van der Waals surface area contributed by atoms with E-state index < -0.39 is 0 Å². The number of nitrogens with zero attached hydrogens (tertiary/aromatic N) is 1. The average molecular weight is 137 g/mol. The van der Waals surface area contributed by atoms with Gasteiger partial charge in [-0.3, -0.25) is 0 Å². The highest BCUT2D eigenvalue weighted by molar-refractivity contribution is 5.06. The van der Waals surface area contributed by atoms with Gasteiger partial charge in [-0.25, -0.2) is 0 Å². The van der Waals surface area contributed by atoms with Crippen LogP contribution >= 0.6 is 0 Å². The first-order chi connectivity index (χ1) is 4.75. The molecule has 0 bridgehead atoms. The lowest BCUT2D eigenvalue weighted by molar-refractivity contribution is 0.126. The quantitative estimate of drug-likeness (QED) is 0.574. The highest BCUT2D eigenvalue weighted by Crippen LogP contribution is 2.47. The second-order valence-corrected chi connectivity index (χ2v) is 3.43. The minimum absolute atomic E-state index is 0.0781. The van der Waals surface area contributed by atoms with Crippen LogP contribution in [0.4, 0.5) is 0 Å². The number of hydrogen-bond acceptors (Lipinski definition) is 1. The minimum atomic E-state index is 0.0781. The number of nitriles is 1. The Morgan fingerprint density at radius 3 is 2.30 bits per heavy atom. The molecule has 1 rings (SSSR count). The molecule has 1 aliphatic carbocycles. The Morgan fingerprint density at radius 2 is 2.20 bits per heavy atom. The van der Waals surface area contributed by atoms with Crippen molar-refractivity contribution in [2.75, 3.05) is 0 Å². The van der Waals surface area contributed by atoms with E-state index in [2.05, 4.69) is 19.9 Å². The second kappa shape index (κ2) is 2.62. The maximum Gasteiger partial charge on any atom is 0.0692 e. The highest BCUT2D eigenvalue weighted by atomic mass is 14.5. The van der Waals surface area contributed by atoms with Crippen LogP contribution in [0.1, 0.15) is 39.5 Å². The first kappa shape index (κ1) is 7.60. The standard InChI is InChI=1S/C9H15N/c1-3-8(2)9(7-10)5-4-6-9/h8H,3-6H2,1-2H3. The molecule has 0 radical (unpaired) electrons. The third-order valence-electron chi connectivity index (χ3n) is 3.02. The van der Waals surface area contributed by atoms with E-state index in [1.54, 1.807) is 0 Å². The molecule has 0 heterocycles. The van der Waals surface area contributed by atoms with E-state index >= 15 is 0 Å². The molecule has 56 valence electrons. The van der Waals surface area contributed by atoms with Crippen LogP contribution in [0.2, 0.25) is 0 Å². The van der Waals surface area contributed by atoms with Gasteiger partial charge in [-0.2, -0.15) is 5.26 Å². The van der Waals surface area contributed by atoms with Crippen molar-refractivity contribution >= 4 is 0 Å². The molecule has 0 aromatic rings. The van der Waals surface area contributed by atoms with Crippen molar-refractivity contribution in [3.8, 4) is 6.07 Å². The van der Waals surface area contributed by atoms with E-state index in [-0.39, 0.29) is 5.41 Å². The Hall–Kier alpha value is -0.510. The molecular formula is C9H15N. The molecule has 0 saturated heterocycles. The van der Waals surface area contributed by atoms with E-state index in [0.29, 0.717) is 5.92 Å². The van der Waals surface area contributed by atoms with E-state index in [9.17, 15) is 0 Å². The zero-order chi connectivity index (χ0) is 7.61. The van der Waals surface area contributed by atoms with Crippen LogP contribution in [0.25, 0.3) is 0 Å². The summed E-state index contributed by atoms with van der Waals surface area (Å²) in [4.78, 5) is 0. The number of hydrogen-bond donors (Lipinski definition) is 0. The number of rotatable bonds is 2. The lowest BCUT2D eigenvalue weighted by Gasteiger charge is -2.40. The van der Waals surface area contributed by atoms with Gasteiger partial charge >= 0.3 is 0 Å². The van der Waals surface area contributed by atoms with Gasteiger partial charge in [-0.05, 0) is 18.8 Å². The maximum atomic E-state index is 8.89. The molecule has 0 aromatic heterocycles. The summed E-state index contributed by atoms with van der Waals surface area (Å²) in [5.74, 6) is 0.603. The summed E-state index contributed by atoms with van der Waals surface area (Å²) in [5, 5.41) is 8.89. The van der Waals surface area contributed by atoms with Crippen LogP contribution in [-0.2, 0) is 0 Å². The minimum Gasteiger partial charge on any atom is -0.198 e. The molecule has 0 N–H and O–H groups in total. The summed E-state index contributed by atoms with van der Waals surface area (Å²) in [5.41, 5.74) is 0.0781. The van der Waals surface area contributed by atoms with Gasteiger partial charge in [0.1, 0.15) is 0 Å².